The number of nitrogens with zero attached hydrogens (tertiary/aromatic N) is 2. The Morgan fingerprint density at radius 1 is 1.27 bits per heavy atom. The van der Waals surface area contributed by atoms with Gasteiger partial charge in [-0.2, -0.15) is 0 Å². The van der Waals surface area contributed by atoms with Gasteiger partial charge >= 0.3 is 0 Å². The fraction of sp³-hybridized carbons (Fsp3) is 0.647. The summed E-state index contributed by atoms with van der Waals surface area (Å²) in [6.45, 7) is 2.52. The van der Waals surface area contributed by atoms with E-state index in [0.717, 1.165) is 12.8 Å². The number of amides is 1. The zero-order chi connectivity index (χ0) is 18.4. The third-order valence-corrected chi connectivity index (χ3v) is 6.02. The van der Waals surface area contributed by atoms with Crippen LogP contribution in [0.1, 0.15) is 18.5 Å². The summed E-state index contributed by atoms with van der Waals surface area (Å²) in [6.07, 6.45) is 2.55. The highest BCUT2D eigenvalue weighted by atomic mass is 32.2. The van der Waals surface area contributed by atoms with E-state index in [1.165, 1.54) is 0 Å². The minimum atomic E-state index is -3.53. The van der Waals surface area contributed by atoms with Crippen molar-refractivity contribution in [1.82, 2.24) is 14.6 Å². The van der Waals surface area contributed by atoms with Crippen LogP contribution in [-0.4, -0.2) is 69.0 Å². The summed E-state index contributed by atoms with van der Waals surface area (Å²) in [7, 11) is -3.53. The van der Waals surface area contributed by atoms with Crippen molar-refractivity contribution < 1.29 is 22.7 Å². The van der Waals surface area contributed by atoms with E-state index in [2.05, 4.69) is 9.71 Å². The van der Waals surface area contributed by atoms with E-state index >= 15 is 0 Å². The first-order valence-electron chi connectivity index (χ1n) is 8.89. The number of sulfonamides is 1. The first-order chi connectivity index (χ1) is 12.5. The quantitative estimate of drug-likeness (QED) is 0.751. The van der Waals surface area contributed by atoms with Crippen molar-refractivity contribution in [2.45, 2.75) is 25.5 Å². The molecule has 0 aromatic carbocycles. The van der Waals surface area contributed by atoms with Crippen LogP contribution in [0.3, 0.4) is 0 Å². The Balaban J connectivity index is 1.51. The molecule has 3 rings (SSSR count). The lowest BCUT2D eigenvalue weighted by molar-refractivity contribution is -0.145. The van der Waals surface area contributed by atoms with Crippen molar-refractivity contribution in [3.05, 3.63) is 30.1 Å². The standard InChI is InChI=1S/C17H25N3O5S/c21-17(14-4-8-24-9-5-14)20-7-10-25-16(12-20)13-26(22,23)19-11-15-3-1-2-6-18-15/h1-3,6,14,16,19H,4-5,7-13H2/t16-/m0/s1. The molecule has 0 bridgehead atoms. The van der Waals surface area contributed by atoms with Gasteiger partial charge in [-0.25, -0.2) is 13.1 Å². The van der Waals surface area contributed by atoms with Crippen LogP contribution in [-0.2, 0) is 30.8 Å². The minimum Gasteiger partial charge on any atom is -0.381 e. The number of carbonyl (C=O) groups excluding carboxylic acids is 1. The Bertz CT molecular complexity index is 692. The number of hydrogen-bond acceptors (Lipinski definition) is 6. The molecule has 8 nitrogen and oxygen atoms in total. The summed E-state index contributed by atoms with van der Waals surface area (Å²) in [5.41, 5.74) is 0.650. The molecule has 1 amide bonds. The highest BCUT2D eigenvalue weighted by Crippen LogP contribution is 2.19. The van der Waals surface area contributed by atoms with Crippen LogP contribution in [0.4, 0.5) is 0 Å². The van der Waals surface area contributed by atoms with Crippen molar-refractivity contribution in [1.29, 1.82) is 0 Å². The third-order valence-electron chi connectivity index (χ3n) is 4.63. The average molecular weight is 383 g/mol. The fourth-order valence-electron chi connectivity index (χ4n) is 3.21. The SMILES string of the molecule is O=C(C1CCOCC1)N1CCO[C@H](CS(=O)(=O)NCc2ccccn2)C1. The van der Waals surface area contributed by atoms with Gasteiger partial charge in [0.2, 0.25) is 15.9 Å². The molecule has 2 fully saturated rings. The zero-order valence-corrected chi connectivity index (χ0v) is 15.5. The van der Waals surface area contributed by atoms with Crippen LogP contribution < -0.4 is 4.72 Å². The van der Waals surface area contributed by atoms with E-state index in [4.69, 9.17) is 9.47 Å². The van der Waals surface area contributed by atoms with Gasteiger partial charge in [0.1, 0.15) is 0 Å². The maximum absolute atomic E-state index is 12.6. The molecule has 0 saturated carbocycles. The predicted molar refractivity (Wildman–Crippen MR) is 94.7 cm³/mol. The van der Waals surface area contributed by atoms with E-state index < -0.39 is 16.1 Å². The van der Waals surface area contributed by atoms with E-state index in [0.29, 0.717) is 38.6 Å². The second-order valence-corrected chi connectivity index (χ2v) is 8.44. The highest BCUT2D eigenvalue weighted by molar-refractivity contribution is 7.89. The number of aromatic nitrogens is 1. The summed E-state index contributed by atoms with van der Waals surface area (Å²) in [4.78, 5) is 18.4. The zero-order valence-electron chi connectivity index (χ0n) is 14.7. The molecule has 2 saturated heterocycles. The molecule has 2 aliphatic rings. The van der Waals surface area contributed by atoms with Crippen LogP contribution in [0.25, 0.3) is 0 Å². The number of morpholine rings is 1. The van der Waals surface area contributed by atoms with Gasteiger partial charge in [0.25, 0.3) is 0 Å². The highest BCUT2D eigenvalue weighted by Gasteiger charge is 2.32. The number of rotatable bonds is 6. The molecule has 0 unspecified atom stereocenters. The van der Waals surface area contributed by atoms with Crippen LogP contribution in [0.2, 0.25) is 0 Å². The number of hydrogen-bond donors (Lipinski definition) is 1. The molecule has 0 spiro atoms. The van der Waals surface area contributed by atoms with E-state index in [1.54, 1.807) is 29.3 Å². The monoisotopic (exact) mass is 383 g/mol. The summed E-state index contributed by atoms with van der Waals surface area (Å²) in [5, 5.41) is 0. The van der Waals surface area contributed by atoms with Gasteiger partial charge in [0.05, 0.1) is 30.7 Å². The second-order valence-electron chi connectivity index (χ2n) is 6.59. The molecule has 1 N–H and O–H groups in total. The normalized spacial score (nSPS) is 22.3. The van der Waals surface area contributed by atoms with Crippen LogP contribution in [0.15, 0.2) is 24.4 Å². The van der Waals surface area contributed by atoms with Crippen molar-refractivity contribution in [3.8, 4) is 0 Å². The maximum Gasteiger partial charge on any atom is 0.226 e. The van der Waals surface area contributed by atoms with Crippen molar-refractivity contribution >= 4 is 15.9 Å². The molecule has 1 atom stereocenters. The molecule has 0 radical (unpaired) electrons. The summed E-state index contributed by atoms with van der Waals surface area (Å²) in [6, 6.07) is 5.34. The fourth-order valence-corrected chi connectivity index (χ4v) is 4.39. The second kappa shape index (κ2) is 8.90. The summed E-state index contributed by atoms with van der Waals surface area (Å²) in [5.74, 6) is -0.112. The van der Waals surface area contributed by atoms with E-state index in [1.807, 2.05) is 0 Å². The predicted octanol–water partition coefficient (Wildman–Crippen LogP) is 0.155. The van der Waals surface area contributed by atoms with Crippen molar-refractivity contribution in [2.24, 2.45) is 5.92 Å². The van der Waals surface area contributed by atoms with E-state index in [9.17, 15) is 13.2 Å². The summed E-state index contributed by atoms with van der Waals surface area (Å²) < 4.78 is 38.0. The van der Waals surface area contributed by atoms with Gasteiger partial charge in [-0.1, -0.05) is 6.07 Å². The Morgan fingerprint density at radius 3 is 2.81 bits per heavy atom. The lowest BCUT2D eigenvalue weighted by atomic mass is 9.98. The van der Waals surface area contributed by atoms with Gasteiger partial charge in [-0.15, -0.1) is 0 Å². The van der Waals surface area contributed by atoms with Crippen LogP contribution in [0, 0.1) is 5.92 Å². The van der Waals surface area contributed by atoms with Gasteiger partial charge in [-0.05, 0) is 25.0 Å². The Labute approximate surface area is 153 Å². The number of ether oxygens (including phenoxy) is 2. The lowest BCUT2D eigenvalue weighted by Crippen LogP contribution is -2.51. The van der Waals surface area contributed by atoms with Gasteiger partial charge in [0.15, 0.2) is 0 Å². The average Bonchev–Trinajstić information content (AvgIpc) is 2.67. The molecule has 26 heavy (non-hydrogen) atoms. The van der Waals surface area contributed by atoms with E-state index in [-0.39, 0.29) is 24.1 Å². The van der Waals surface area contributed by atoms with Crippen molar-refractivity contribution in [2.75, 3.05) is 38.7 Å². The molecular weight excluding hydrogens is 358 g/mol. The Kier molecular flexibility index (Phi) is 6.58. The number of nitrogens with one attached hydrogen (secondary N) is 1. The molecule has 144 valence electrons. The topological polar surface area (TPSA) is 97.8 Å². The molecule has 1 aromatic rings. The maximum atomic E-state index is 12.6. The lowest BCUT2D eigenvalue weighted by Gasteiger charge is -2.35. The number of pyridine rings is 1. The molecule has 1 aromatic heterocycles. The van der Waals surface area contributed by atoms with Gasteiger partial charge < -0.3 is 14.4 Å². The Hall–Kier alpha value is -1.55. The smallest absolute Gasteiger partial charge is 0.226 e. The van der Waals surface area contributed by atoms with Gasteiger partial charge in [-0.3, -0.25) is 9.78 Å². The number of carbonyl (C=O) groups is 1. The first kappa shape index (κ1) is 19.2. The van der Waals surface area contributed by atoms with Crippen molar-refractivity contribution in [3.63, 3.8) is 0 Å². The van der Waals surface area contributed by atoms with Crippen LogP contribution in [0.5, 0.6) is 0 Å². The molecule has 3 heterocycles. The summed E-state index contributed by atoms with van der Waals surface area (Å²) >= 11 is 0. The van der Waals surface area contributed by atoms with Gasteiger partial charge in [0, 0.05) is 38.4 Å². The van der Waals surface area contributed by atoms with Crippen LogP contribution >= 0.6 is 0 Å². The molecule has 2 aliphatic heterocycles. The molecule has 0 aliphatic carbocycles. The largest absolute Gasteiger partial charge is 0.381 e. The minimum absolute atomic E-state index is 0.0265. The molecule has 9 heteroatoms. The molecular formula is C17H25N3O5S. The third kappa shape index (κ3) is 5.47. The first-order valence-corrected chi connectivity index (χ1v) is 10.5. The Morgan fingerprint density at radius 2 is 2.08 bits per heavy atom.